The summed E-state index contributed by atoms with van der Waals surface area (Å²) in [6.45, 7) is 4.64. The summed E-state index contributed by atoms with van der Waals surface area (Å²) in [6, 6.07) is 14.0. The van der Waals surface area contributed by atoms with Crippen LogP contribution in [-0.4, -0.2) is 59.1 Å². The van der Waals surface area contributed by atoms with Crippen molar-refractivity contribution >= 4 is 49.3 Å². The molecule has 0 unspecified atom stereocenters. The smallest absolute Gasteiger partial charge is 0.355 e. The number of ether oxygens (including phenoxy) is 2. The zero-order chi connectivity index (χ0) is 33.5. The highest BCUT2D eigenvalue weighted by Crippen LogP contribution is 2.43. The molecule has 0 fully saturated rings. The standard InChI is InChI=1S/C35H38ClFN4O5S/c1-5-29-32-28(38-40(29)4)21-39(3)47(43,44)20-10-18-41-33-25(14-15-26(36)31(32)33)24(34(41)35(42)45-6-2)13-9-19-46-30-17-16-27(37)22-11-7-8-12-23(22)30/h7-8,11-12,14-17H,5-6,9-10,13,18-21H2,1-4H3. The number of carbonyl (C=O) groups is 1. The Bertz CT molecular complexity index is 2110. The number of nitrogens with zero attached hydrogens (tertiary/aromatic N) is 4. The van der Waals surface area contributed by atoms with E-state index < -0.39 is 16.0 Å². The monoisotopic (exact) mass is 680 g/mol. The molecule has 3 heterocycles. The molecule has 2 aromatic heterocycles. The number of sulfonamides is 1. The SMILES string of the molecule is CCOC(=O)c1c(CCCOc2ccc(F)c3ccccc23)c2ccc(Cl)c3c2n1CCCS(=O)(=O)N(C)Cc1nn(C)c(CC)c1-3. The summed E-state index contributed by atoms with van der Waals surface area (Å²) >= 11 is 7.04. The van der Waals surface area contributed by atoms with Crippen molar-refractivity contribution in [2.75, 3.05) is 26.0 Å². The van der Waals surface area contributed by atoms with Crippen molar-refractivity contribution in [3.05, 3.63) is 82.0 Å². The lowest BCUT2D eigenvalue weighted by molar-refractivity contribution is 0.0512. The Morgan fingerprint density at radius 2 is 1.79 bits per heavy atom. The summed E-state index contributed by atoms with van der Waals surface area (Å²) in [6.07, 6.45) is 1.93. The van der Waals surface area contributed by atoms with Gasteiger partial charge in [-0.05, 0) is 56.4 Å². The molecule has 0 atom stereocenters. The molecule has 0 radical (unpaired) electrons. The van der Waals surface area contributed by atoms with Crippen LogP contribution in [0, 0.1) is 5.82 Å². The van der Waals surface area contributed by atoms with E-state index in [1.165, 1.54) is 10.4 Å². The first-order valence-electron chi connectivity index (χ1n) is 15.9. The summed E-state index contributed by atoms with van der Waals surface area (Å²) in [5.74, 6) is -0.306. The number of carbonyl (C=O) groups excluding carboxylic acids is 1. The first-order valence-corrected chi connectivity index (χ1v) is 17.9. The number of fused-ring (bicyclic) bond motifs is 3. The van der Waals surface area contributed by atoms with Gasteiger partial charge in [-0.2, -0.15) is 9.40 Å². The lowest BCUT2D eigenvalue weighted by Gasteiger charge is -2.17. The molecule has 3 aromatic carbocycles. The molecule has 47 heavy (non-hydrogen) atoms. The number of esters is 1. The van der Waals surface area contributed by atoms with Crippen LogP contribution in [0.4, 0.5) is 4.39 Å². The molecule has 1 aliphatic heterocycles. The molecule has 0 saturated carbocycles. The molecule has 0 spiro atoms. The maximum Gasteiger partial charge on any atom is 0.355 e. The molecule has 9 nitrogen and oxygen atoms in total. The van der Waals surface area contributed by atoms with Crippen LogP contribution in [0.15, 0.2) is 48.5 Å². The molecule has 12 heteroatoms. The number of hydrogen-bond donors (Lipinski definition) is 0. The molecular formula is C35H38ClFN4O5S. The minimum atomic E-state index is -3.61. The Hall–Kier alpha value is -3.93. The van der Waals surface area contributed by atoms with Gasteiger partial charge in [0.25, 0.3) is 0 Å². The van der Waals surface area contributed by atoms with Gasteiger partial charge in [0.2, 0.25) is 10.0 Å². The molecule has 0 saturated heterocycles. The van der Waals surface area contributed by atoms with Gasteiger partial charge in [-0.1, -0.05) is 48.9 Å². The number of aryl methyl sites for hydroxylation is 3. The lowest BCUT2D eigenvalue weighted by atomic mass is 9.97. The minimum Gasteiger partial charge on any atom is -0.493 e. The highest BCUT2D eigenvalue weighted by Gasteiger charge is 2.32. The third-order valence-corrected chi connectivity index (χ3v) is 11.1. The van der Waals surface area contributed by atoms with Crippen molar-refractivity contribution in [2.45, 2.75) is 52.6 Å². The second kappa shape index (κ2) is 13.3. The quantitative estimate of drug-likeness (QED) is 0.131. The summed E-state index contributed by atoms with van der Waals surface area (Å²) in [4.78, 5) is 13.8. The van der Waals surface area contributed by atoms with Gasteiger partial charge in [-0.15, -0.1) is 0 Å². The molecular weight excluding hydrogens is 643 g/mol. The van der Waals surface area contributed by atoms with Crippen LogP contribution >= 0.6 is 11.6 Å². The van der Waals surface area contributed by atoms with E-state index in [-0.39, 0.29) is 37.7 Å². The topological polar surface area (TPSA) is 95.7 Å². The number of halogens is 2. The molecule has 1 aliphatic rings. The van der Waals surface area contributed by atoms with E-state index >= 15 is 0 Å². The molecule has 0 aliphatic carbocycles. The van der Waals surface area contributed by atoms with Gasteiger partial charge in [-0.3, -0.25) is 4.68 Å². The first-order chi connectivity index (χ1) is 22.6. The van der Waals surface area contributed by atoms with Crippen LogP contribution < -0.4 is 4.74 Å². The lowest BCUT2D eigenvalue weighted by Crippen LogP contribution is -2.29. The summed E-state index contributed by atoms with van der Waals surface area (Å²) in [7, 11) is -0.199. The van der Waals surface area contributed by atoms with Crippen molar-refractivity contribution in [1.29, 1.82) is 0 Å². The Labute approximate surface area is 278 Å². The van der Waals surface area contributed by atoms with Crippen LogP contribution in [0.3, 0.4) is 0 Å². The van der Waals surface area contributed by atoms with Gasteiger partial charge in [-0.25, -0.2) is 17.6 Å². The van der Waals surface area contributed by atoms with Gasteiger partial charge < -0.3 is 14.0 Å². The van der Waals surface area contributed by atoms with Crippen LogP contribution in [0.25, 0.3) is 32.8 Å². The van der Waals surface area contributed by atoms with E-state index in [2.05, 4.69) is 0 Å². The van der Waals surface area contributed by atoms with Gasteiger partial charge in [0.15, 0.2) is 0 Å². The van der Waals surface area contributed by atoms with Crippen LogP contribution in [0.1, 0.15) is 54.1 Å². The van der Waals surface area contributed by atoms with Crippen LogP contribution in [0.2, 0.25) is 5.02 Å². The molecule has 0 amide bonds. The fourth-order valence-electron chi connectivity index (χ4n) is 6.73. The Morgan fingerprint density at radius 3 is 2.53 bits per heavy atom. The van der Waals surface area contributed by atoms with Gasteiger partial charge in [0.1, 0.15) is 17.3 Å². The van der Waals surface area contributed by atoms with E-state index in [1.807, 2.05) is 42.8 Å². The van der Waals surface area contributed by atoms with Crippen molar-refractivity contribution in [1.82, 2.24) is 18.7 Å². The number of hydrogen-bond acceptors (Lipinski definition) is 6. The van der Waals surface area contributed by atoms with Crippen molar-refractivity contribution < 1.29 is 27.1 Å². The second-order valence-electron chi connectivity index (χ2n) is 11.7. The maximum atomic E-state index is 14.4. The van der Waals surface area contributed by atoms with Crippen molar-refractivity contribution in [2.24, 2.45) is 7.05 Å². The third kappa shape index (κ3) is 6.00. The third-order valence-electron chi connectivity index (χ3n) is 8.86. The fraction of sp³-hybridized carbons (Fsp3) is 0.371. The number of rotatable bonds is 8. The maximum absolute atomic E-state index is 14.4. The summed E-state index contributed by atoms with van der Waals surface area (Å²) in [5.41, 5.74) is 4.93. The molecule has 0 bridgehead atoms. The molecule has 248 valence electrons. The number of benzene rings is 3. The zero-order valence-electron chi connectivity index (χ0n) is 27.0. The summed E-state index contributed by atoms with van der Waals surface area (Å²) in [5, 5.41) is 7.27. The molecule has 6 rings (SSSR count). The van der Waals surface area contributed by atoms with Gasteiger partial charge in [0, 0.05) is 53.6 Å². The van der Waals surface area contributed by atoms with Crippen molar-refractivity contribution in [3.8, 4) is 16.9 Å². The van der Waals surface area contributed by atoms with E-state index in [0.29, 0.717) is 58.8 Å². The number of aromatic nitrogens is 3. The Kier molecular flexibility index (Phi) is 9.33. The van der Waals surface area contributed by atoms with E-state index in [4.69, 9.17) is 26.2 Å². The highest BCUT2D eigenvalue weighted by molar-refractivity contribution is 7.89. The van der Waals surface area contributed by atoms with E-state index in [0.717, 1.165) is 33.3 Å². The molecule has 0 N–H and O–H groups in total. The molecule has 5 aromatic rings. The fourth-order valence-corrected chi connectivity index (χ4v) is 8.10. The van der Waals surface area contributed by atoms with Crippen LogP contribution in [-0.2, 0) is 47.7 Å². The van der Waals surface area contributed by atoms with Gasteiger partial charge >= 0.3 is 5.97 Å². The normalized spacial score (nSPS) is 15.0. The summed E-state index contributed by atoms with van der Waals surface area (Å²) < 4.78 is 57.8. The highest BCUT2D eigenvalue weighted by atomic mass is 35.5. The van der Waals surface area contributed by atoms with E-state index in [9.17, 15) is 17.6 Å². The first kappa shape index (κ1) is 33.0. The predicted octanol–water partition coefficient (Wildman–Crippen LogP) is 6.90. The van der Waals surface area contributed by atoms with E-state index in [1.54, 1.807) is 36.9 Å². The predicted molar refractivity (Wildman–Crippen MR) is 182 cm³/mol. The zero-order valence-corrected chi connectivity index (χ0v) is 28.5. The Morgan fingerprint density at radius 1 is 1.02 bits per heavy atom. The Balaban J connectivity index is 1.49. The van der Waals surface area contributed by atoms with Gasteiger partial charge in [0.05, 0.1) is 41.7 Å². The average Bonchev–Trinajstić information content (AvgIpc) is 3.52. The second-order valence-corrected chi connectivity index (χ2v) is 14.3. The van der Waals surface area contributed by atoms with Crippen molar-refractivity contribution in [3.63, 3.8) is 0 Å². The minimum absolute atomic E-state index is 0.0892. The largest absolute Gasteiger partial charge is 0.493 e. The average molecular weight is 681 g/mol. The van der Waals surface area contributed by atoms with Crippen LogP contribution in [0.5, 0.6) is 5.75 Å².